The van der Waals surface area contributed by atoms with Gasteiger partial charge < -0.3 is 5.32 Å². The SMILES string of the molecule is CC(C)C1NC(=O)C(C)N(c2cc(F)cc(Cl)c2)C1=O. The number of rotatable bonds is 2. The molecule has 20 heavy (non-hydrogen) atoms. The van der Waals surface area contributed by atoms with Crippen LogP contribution in [0.2, 0.25) is 5.02 Å². The molecule has 2 unspecified atom stereocenters. The Labute approximate surface area is 121 Å². The van der Waals surface area contributed by atoms with E-state index in [1.165, 1.54) is 17.0 Å². The van der Waals surface area contributed by atoms with Crippen molar-refractivity contribution in [3.8, 4) is 0 Å². The third-order valence-corrected chi connectivity index (χ3v) is 3.58. The predicted molar refractivity (Wildman–Crippen MR) is 75.1 cm³/mol. The lowest BCUT2D eigenvalue weighted by Crippen LogP contribution is -2.64. The molecule has 1 saturated heterocycles. The van der Waals surface area contributed by atoms with Crippen LogP contribution in [-0.4, -0.2) is 23.9 Å². The quantitative estimate of drug-likeness (QED) is 0.911. The Morgan fingerprint density at radius 3 is 2.50 bits per heavy atom. The Morgan fingerprint density at radius 2 is 1.95 bits per heavy atom. The van der Waals surface area contributed by atoms with Gasteiger partial charge in [-0.3, -0.25) is 14.5 Å². The van der Waals surface area contributed by atoms with Crippen LogP contribution in [0.25, 0.3) is 0 Å². The molecular weight excluding hydrogens is 283 g/mol. The highest BCUT2D eigenvalue weighted by atomic mass is 35.5. The van der Waals surface area contributed by atoms with Crippen molar-refractivity contribution in [2.24, 2.45) is 5.92 Å². The van der Waals surface area contributed by atoms with Crippen molar-refractivity contribution in [2.75, 3.05) is 4.90 Å². The molecule has 0 saturated carbocycles. The van der Waals surface area contributed by atoms with Gasteiger partial charge in [0.25, 0.3) is 5.91 Å². The van der Waals surface area contributed by atoms with Crippen molar-refractivity contribution in [1.29, 1.82) is 0 Å². The molecule has 1 aromatic carbocycles. The number of carbonyl (C=O) groups excluding carboxylic acids is 2. The van der Waals surface area contributed by atoms with Crippen molar-refractivity contribution in [3.05, 3.63) is 29.0 Å². The summed E-state index contributed by atoms with van der Waals surface area (Å²) in [6.45, 7) is 5.29. The molecule has 1 aliphatic heterocycles. The predicted octanol–water partition coefficient (Wildman–Crippen LogP) is 2.36. The zero-order valence-electron chi connectivity index (χ0n) is 11.5. The molecule has 0 bridgehead atoms. The van der Waals surface area contributed by atoms with Crippen LogP contribution in [0.4, 0.5) is 10.1 Å². The van der Waals surface area contributed by atoms with E-state index in [1.54, 1.807) is 6.92 Å². The Balaban J connectivity index is 2.45. The summed E-state index contributed by atoms with van der Waals surface area (Å²) >= 11 is 5.82. The summed E-state index contributed by atoms with van der Waals surface area (Å²) in [4.78, 5) is 25.8. The first kappa shape index (κ1) is 14.8. The molecule has 1 heterocycles. The zero-order chi connectivity index (χ0) is 15.0. The lowest BCUT2D eigenvalue weighted by atomic mass is 9.98. The first-order valence-electron chi connectivity index (χ1n) is 6.41. The van der Waals surface area contributed by atoms with Gasteiger partial charge in [-0.1, -0.05) is 25.4 Å². The first-order valence-corrected chi connectivity index (χ1v) is 6.78. The standard InChI is InChI=1S/C14H16ClFN2O2/c1-7(2)12-14(20)18(8(3)13(19)17-12)11-5-9(15)4-10(16)6-11/h4-8,12H,1-3H3,(H,17,19). The zero-order valence-corrected chi connectivity index (χ0v) is 12.2. The second kappa shape index (κ2) is 5.40. The van der Waals surface area contributed by atoms with Crippen LogP contribution < -0.4 is 10.2 Å². The minimum atomic E-state index is -0.699. The van der Waals surface area contributed by atoms with E-state index in [1.807, 2.05) is 13.8 Å². The van der Waals surface area contributed by atoms with Crippen LogP contribution in [0.1, 0.15) is 20.8 Å². The molecule has 0 spiro atoms. The number of amides is 2. The fourth-order valence-corrected chi connectivity index (χ4v) is 2.49. The van der Waals surface area contributed by atoms with Gasteiger partial charge in [0.2, 0.25) is 5.91 Å². The number of nitrogens with one attached hydrogen (secondary N) is 1. The monoisotopic (exact) mass is 298 g/mol. The molecule has 0 aromatic heterocycles. The molecule has 1 aromatic rings. The van der Waals surface area contributed by atoms with E-state index in [0.717, 1.165) is 6.07 Å². The molecule has 4 nitrogen and oxygen atoms in total. The van der Waals surface area contributed by atoms with Gasteiger partial charge in [0.15, 0.2) is 0 Å². The van der Waals surface area contributed by atoms with E-state index in [-0.39, 0.29) is 22.8 Å². The van der Waals surface area contributed by atoms with Crippen LogP contribution in [-0.2, 0) is 9.59 Å². The van der Waals surface area contributed by atoms with Crippen LogP contribution >= 0.6 is 11.6 Å². The number of benzene rings is 1. The maximum atomic E-state index is 13.5. The molecular formula is C14H16ClFN2O2. The van der Waals surface area contributed by atoms with Crippen LogP contribution in [0.3, 0.4) is 0 Å². The summed E-state index contributed by atoms with van der Waals surface area (Å²) in [6.07, 6.45) is 0. The van der Waals surface area contributed by atoms with Crippen LogP contribution in [0.15, 0.2) is 18.2 Å². The summed E-state index contributed by atoms with van der Waals surface area (Å²) in [7, 11) is 0. The second-order valence-corrected chi connectivity index (χ2v) is 5.68. The van der Waals surface area contributed by atoms with Gasteiger partial charge in [-0.15, -0.1) is 0 Å². The van der Waals surface area contributed by atoms with Crippen LogP contribution in [0, 0.1) is 11.7 Å². The Bertz CT molecular complexity index is 542. The third-order valence-electron chi connectivity index (χ3n) is 3.36. The molecule has 2 rings (SSSR count). The Hall–Kier alpha value is -1.62. The van der Waals surface area contributed by atoms with Gasteiger partial charge in [0.1, 0.15) is 17.9 Å². The number of halogens is 2. The molecule has 2 atom stereocenters. The highest BCUT2D eigenvalue weighted by Crippen LogP contribution is 2.27. The number of nitrogens with zero attached hydrogens (tertiary/aromatic N) is 1. The molecule has 2 amide bonds. The van der Waals surface area contributed by atoms with E-state index in [9.17, 15) is 14.0 Å². The van der Waals surface area contributed by atoms with E-state index < -0.39 is 17.9 Å². The van der Waals surface area contributed by atoms with Gasteiger partial charge in [0.05, 0.1) is 0 Å². The average Bonchev–Trinajstić information content (AvgIpc) is 2.32. The number of anilines is 1. The van der Waals surface area contributed by atoms with Gasteiger partial charge in [-0.05, 0) is 31.0 Å². The fourth-order valence-electron chi connectivity index (χ4n) is 2.27. The average molecular weight is 299 g/mol. The van der Waals surface area contributed by atoms with Crippen LogP contribution in [0.5, 0.6) is 0 Å². The number of piperazine rings is 1. The van der Waals surface area contributed by atoms with E-state index >= 15 is 0 Å². The number of hydrogen-bond donors (Lipinski definition) is 1. The summed E-state index contributed by atoms with van der Waals surface area (Å²) in [5.41, 5.74) is 0.299. The first-order chi connectivity index (χ1) is 9.31. The summed E-state index contributed by atoms with van der Waals surface area (Å²) < 4.78 is 13.5. The van der Waals surface area contributed by atoms with Gasteiger partial charge in [-0.25, -0.2) is 4.39 Å². The second-order valence-electron chi connectivity index (χ2n) is 5.24. The summed E-state index contributed by atoms with van der Waals surface area (Å²) in [5, 5.41) is 2.87. The summed E-state index contributed by atoms with van der Waals surface area (Å²) in [5.74, 6) is -1.11. The highest BCUT2D eigenvalue weighted by Gasteiger charge is 2.40. The van der Waals surface area contributed by atoms with Crippen molar-refractivity contribution in [3.63, 3.8) is 0 Å². The van der Waals surface area contributed by atoms with E-state index in [2.05, 4.69) is 5.32 Å². The normalized spacial score (nSPS) is 23.2. The molecule has 1 aliphatic rings. The van der Waals surface area contributed by atoms with Crippen molar-refractivity contribution in [1.82, 2.24) is 5.32 Å². The lowest BCUT2D eigenvalue weighted by molar-refractivity contribution is -0.134. The Morgan fingerprint density at radius 1 is 1.30 bits per heavy atom. The minimum absolute atomic E-state index is 0.0505. The van der Waals surface area contributed by atoms with Gasteiger partial charge >= 0.3 is 0 Å². The largest absolute Gasteiger partial charge is 0.342 e. The van der Waals surface area contributed by atoms with Gasteiger partial charge in [0, 0.05) is 10.7 Å². The molecule has 1 fully saturated rings. The van der Waals surface area contributed by atoms with E-state index in [4.69, 9.17) is 11.6 Å². The number of hydrogen-bond acceptors (Lipinski definition) is 2. The maximum absolute atomic E-state index is 13.5. The highest BCUT2D eigenvalue weighted by molar-refractivity contribution is 6.31. The van der Waals surface area contributed by atoms with Crippen molar-refractivity contribution < 1.29 is 14.0 Å². The minimum Gasteiger partial charge on any atom is -0.342 e. The van der Waals surface area contributed by atoms with Crippen molar-refractivity contribution in [2.45, 2.75) is 32.9 Å². The molecule has 6 heteroatoms. The topological polar surface area (TPSA) is 49.4 Å². The summed E-state index contributed by atoms with van der Waals surface area (Å²) in [6, 6.07) is 2.53. The van der Waals surface area contributed by atoms with Crippen molar-refractivity contribution >= 4 is 29.1 Å². The Kier molecular flexibility index (Phi) is 3.99. The smallest absolute Gasteiger partial charge is 0.250 e. The maximum Gasteiger partial charge on any atom is 0.250 e. The lowest BCUT2D eigenvalue weighted by Gasteiger charge is -2.38. The molecule has 1 N–H and O–H groups in total. The third kappa shape index (κ3) is 2.63. The number of carbonyl (C=O) groups is 2. The fraction of sp³-hybridized carbons (Fsp3) is 0.429. The van der Waals surface area contributed by atoms with Gasteiger partial charge in [-0.2, -0.15) is 0 Å². The molecule has 0 aliphatic carbocycles. The molecule has 108 valence electrons. The van der Waals surface area contributed by atoms with E-state index in [0.29, 0.717) is 5.69 Å². The molecule has 0 radical (unpaired) electrons.